The molecular formula is C28H35N5O2S. The number of hydrogen-bond donors (Lipinski definition) is 2. The van der Waals surface area contributed by atoms with Crippen molar-refractivity contribution in [1.29, 1.82) is 0 Å². The predicted molar refractivity (Wildman–Crippen MR) is 146 cm³/mol. The molecule has 8 heteroatoms. The number of benzene rings is 2. The van der Waals surface area contributed by atoms with Crippen molar-refractivity contribution in [2.75, 3.05) is 11.1 Å². The maximum absolute atomic E-state index is 13.0. The second kappa shape index (κ2) is 12.5. The van der Waals surface area contributed by atoms with E-state index in [9.17, 15) is 9.59 Å². The lowest BCUT2D eigenvalue weighted by Gasteiger charge is -2.22. The third-order valence-corrected chi connectivity index (χ3v) is 6.87. The van der Waals surface area contributed by atoms with Crippen LogP contribution in [0.25, 0.3) is 0 Å². The first-order chi connectivity index (χ1) is 17.2. The van der Waals surface area contributed by atoms with Crippen LogP contribution >= 0.6 is 11.8 Å². The first-order valence-corrected chi connectivity index (χ1v) is 13.2. The van der Waals surface area contributed by atoms with Crippen LogP contribution in [-0.4, -0.2) is 32.3 Å². The van der Waals surface area contributed by atoms with Crippen molar-refractivity contribution in [2.45, 2.75) is 58.8 Å². The molecule has 0 saturated carbocycles. The van der Waals surface area contributed by atoms with Crippen LogP contribution in [0.1, 0.15) is 59.7 Å². The van der Waals surface area contributed by atoms with E-state index < -0.39 is 0 Å². The second-order valence-corrected chi connectivity index (χ2v) is 10.0. The molecule has 2 aromatic carbocycles. The van der Waals surface area contributed by atoms with E-state index in [0.717, 1.165) is 28.8 Å². The minimum absolute atomic E-state index is 0.0705. The molecule has 0 unspecified atom stereocenters. The largest absolute Gasteiger partial charge is 0.342 e. The number of thioether (sulfide) groups is 1. The number of carbonyl (C=O) groups excluding carboxylic acids is 2. The van der Waals surface area contributed by atoms with E-state index in [4.69, 9.17) is 0 Å². The predicted octanol–water partition coefficient (Wildman–Crippen LogP) is 5.50. The Hall–Kier alpha value is -3.39. The number of hydrogen-bond acceptors (Lipinski definition) is 5. The lowest BCUT2D eigenvalue weighted by Crippen LogP contribution is -2.34. The Morgan fingerprint density at radius 2 is 1.89 bits per heavy atom. The molecule has 1 heterocycles. The molecule has 1 atom stereocenters. The molecule has 7 nitrogen and oxygen atoms in total. The second-order valence-electron chi connectivity index (χ2n) is 9.10. The summed E-state index contributed by atoms with van der Waals surface area (Å²) in [5.41, 5.74) is 4.64. The number of rotatable bonds is 11. The van der Waals surface area contributed by atoms with Gasteiger partial charge in [0.1, 0.15) is 0 Å². The molecule has 0 spiro atoms. The molecule has 0 aliphatic carbocycles. The molecule has 0 saturated heterocycles. The van der Waals surface area contributed by atoms with Gasteiger partial charge in [0.15, 0.2) is 11.0 Å². The fraction of sp³-hybridized carbons (Fsp3) is 0.357. The summed E-state index contributed by atoms with van der Waals surface area (Å²) in [6.45, 7) is 14.4. The van der Waals surface area contributed by atoms with Gasteiger partial charge in [-0.15, -0.1) is 16.8 Å². The number of aromatic nitrogens is 3. The highest BCUT2D eigenvalue weighted by atomic mass is 32.2. The lowest BCUT2D eigenvalue weighted by molar-refractivity contribution is -0.113. The number of allylic oxidation sites excluding steroid dienone is 1. The number of para-hydroxylation sites is 1. The summed E-state index contributed by atoms with van der Waals surface area (Å²) >= 11 is 1.32. The maximum atomic E-state index is 13.0. The number of nitrogens with one attached hydrogen (secondary N) is 2. The summed E-state index contributed by atoms with van der Waals surface area (Å²) in [5, 5.41) is 15.6. The van der Waals surface area contributed by atoms with Gasteiger partial charge in [-0.2, -0.15) is 0 Å². The molecule has 1 aromatic heterocycles. The Labute approximate surface area is 217 Å². The van der Waals surface area contributed by atoms with Gasteiger partial charge in [-0.05, 0) is 49.4 Å². The van der Waals surface area contributed by atoms with Gasteiger partial charge in [-0.1, -0.05) is 74.5 Å². The number of anilines is 1. The number of amides is 2. The SMILES string of the molecule is C=CCn1c(SCC(=O)Nc2c(C)cccc2CC)nnc1[C@@H](NC(=O)c1cccc(C)c1)C(C)C. The molecule has 2 N–H and O–H groups in total. The van der Waals surface area contributed by atoms with Gasteiger partial charge in [0, 0.05) is 17.8 Å². The van der Waals surface area contributed by atoms with Crippen molar-refractivity contribution >= 4 is 29.3 Å². The van der Waals surface area contributed by atoms with E-state index in [1.807, 2.05) is 68.7 Å². The molecule has 0 bridgehead atoms. The highest BCUT2D eigenvalue weighted by molar-refractivity contribution is 7.99. The molecule has 0 radical (unpaired) electrons. The van der Waals surface area contributed by atoms with E-state index in [1.54, 1.807) is 12.1 Å². The van der Waals surface area contributed by atoms with Crippen molar-refractivity contribution in [3.05, 3.63) is 83.2 Å². The van der Waals surface area contributed by atoms with Crippen LogP contribution in [0.2, 0.25) is 0 Å². The Bertz CT molecular complexity index is 1230. The van der Waals surface area contributed by atoms with Gasteiger partial charge in [-0.25, -0.2) is 0 Å². The fourth-order valence-electron chi connectivity index (χ4n) is 3.99. The molecule has 3 rings (SSSR count). The zero-order chi connectivity index (χ0) is 26.2. The fourth-order valence-corrected chi connectivity index (χ4v) is 4.74. The minimum Gasteiger partial charge on any atom is -0.342 e. The summed E-state index contributed by atoms with van der Waals surface area (Å²) < 4.78 is 1.91. The number of carbonyl (C=O) groups is 2. The van der Waals surface area contributed by atoms with Gasteiger partial charge >= 0.3 is 0 Å². The monoisotopic (exact) mass is 505 g/mol. The molecule has 3 aromatic rings. The molecule has 0 fully saturated rings. The van der Waals surface area contributed by atoms with Gasteiger partial charge in [0.25, 0.3) is 5.91 Å². The zero-order valence-corrected chi connectivity index (χ0v) is 22.5. The van der Waals surface area contributed by atoms with Crippen LogP contribution in [0.5, 0.6) is 0 Å². The first-order valence-electron chi connectivity index (χ1n) is 12.2. The Morgan fingerprint density at radius 1 is 1.14 bits per heavy atom. The summed E-state index contributed by atoms with van der Waals surface area (Å²) in [6, 6.07) is 13.2. The smallest absolute Gasteiger partial charge is 0.251 e. The molecule has 36 heavy (non-hydrogen) atoms. The van der Waals surface area contributed by atoms with Gasteiger partial charge < -0.3 is 15.2 Å². The van der Waals surface area contributed by atoms with E-state index in [1.165, 1.54) is 11.8 Å². The normalized spacial score (nSPS) is 11.8. The van der Waals surface area contributed by atoms with Crippen molar-refractivity contribution in [2.24, 2.45) is 5.92 Å². The van der Waals surface area contributed by atoms with E-state index in [-0.39, 0.29) is 29.5 Å². The topological polar surface area (TPSA) is 88.9 Å². The average molecular weight is 506 g/mol. The molecule has 0 aliphatic rings. The van der Waals surface area contributed by atoms with Crippen molar-refractivity contribution < 1.29 is 9.59 Å². The van der Waals surface area contributed by atoms with Crippen LogP contribution in [0.3, 0.4) is 0 Å². The minimum atomic E-state index is -0.354. The highest BCUT2D eigenvalue weighted by Gasteiger charge is 2.26. The van der Waals surface area contributed by atoms with E-state index in [0.29, 0.717) is 23.1 Å². The maximum Gasteiger partial charge on any atom is 0.251 e. The molecule has 2 amide bonds. The van der Waals surface area contributed by atoms with Crippen molar-refractivity contribution in [3.8, 4) is 0 Å². The molecule has 190 valence electrons. The summed E-state index contributed by atoms with van der Waals surface area (Å²) in [4.78, 5) is 25.8. The van der Waals surface area contributed by atoms with Crippen LogP contribution in [0, 0.1) is 19.8 Å². The van der Waals surface area contributed by atoms with Crippen LogP contribution in [-0.2, 0) is 17.8 Å². The van der Waals surface area contributed by atoms with Crippen molar-refractivity contribution in [3.63, 3.8) is 0 Å². The third kappa shape index (κ3) is 6.63. The van der Waals surface area contributed by atoms with Crippen LogP contribution in [0.4, 0.5) is 5.69 Å². The van der Waals surface area contributed by atoms with Crippen molar-refractivity contribution in [1.82, 2.24) is 20.1 Å². The Morgan fingerprint density at radius 3 is 2.56 bits per heavy atom. The quantitative estimate of drug-likeness (QED) is 0.265. The summed E-state index contributed by atoms with van der Waals surface area (Å²) in [7, 11) is 0. The van der Waals surface area contributed by atoms with E-state index >= 15 is 0 Å². The van der Waals surface area contributed by atoms with Gasteiger partial charge in [0.2, 0.25) is 5.91 Å². The molecular weight excluding hydrogens is 470 g/mol. The highest BCUT2D eigenvalue weighted by Crippen LogP contribution is 2.27. The van der Waals surface area contributed by atoms with Gasteiger partial charge in [-0.3, -0.25) is 9.59 Å². The first kappa shape index (κ1) is 27.2. The Balaban J connectivity index is 1.77. The van der Waals surface area contributed by atoms with Crippen LogP contribution in [0.15, 0.2) is 60.3 Å². The number of nitrogens with zero attached hydrogens (tertiary/aromatic N) is 3. The third-order valence-electron chi connectivity index (χ3n) is 5.91. The lowest BCUT2D eigenvalue weighted by atomic mass is 10.0. The zero-order valence-electron chi connectivity index (χ0n) is 21.7. The molecule has 0 aliphatic heterocycles. The standard InChI is InChI=1S/C28H35N5O2S/c1-7-15-33-26(24(18(3)4)30-27(35)22-14-9-11-19(5)16-22)31-32-28(33)36-17-23(34)29-25-20(6)12-10-13-21(25)8-2/h7,9-14,16,18,24H,1,8,15,17H2,2-6H3,(H,29,34)(H,30,35)/t24-/m0/s1. The summed E-state index contributed by atoms with van der Waals surface area (Å²) in [6.07, 6.45) is 2.60. The van der Waals surface area contributed by atoms with Crippen LogP contribution < -0.4 is 10.6 Å². The van der Waals surface area contributed by atoms with Gasteiger partial charge in [0.05, 0.1) is 11.8 Å². The number of aryl methyl sites for hydroxylation is 3. The van der Waals surface area contributed by atoms with E-state index in [2.05, 4.69) is 34.3 Å². The summed E-state index contributed by atoms with van der Waals surface area (Å²) in [5.74, 6) is 0.632. The Kier molecular flexibility index (Phi) is 9.47. The average Bonchev–Trinajstić information content (AvgIpc) is 3.24.